The van der Waals surface area contributed by atoms with Crippen molar-refractivity contribution >= 4 is 21.6 Å². The van der Waals surface area contributed by atoms with Crippen LogP contribution in [0.1, 0.15) is 30.0 Å². The zero-order valence-corrected chi connectivity index (χ0v) is 12.0. The number of benzene rings is 1. The number of aromatic nitrogens is 2. The summed E-state index contributed by atoms with van der Waals surface area (Å²) in [5, 5.41) is 10.6. The van der Waals surface area contributed by atoms with Crippen LogP contribution in [0.2, 0.25) is 0 Å². The van der Waals surface area contributed by atoms with Crippen LogP contribution in [0.15, 0.2) is 29.1 Å². The molecule has 0 aliphatic heterocycles. The molecule has 1 aromatic heterocycles. The van der Waals surface area contributed by atoms with Crippen molar-refractivity contribution in [1.29, 1.82) is 0 Å². The van der Waals surface area contributed by atoms with Crippen molar-refractivity contribution in [3.8, 4) is 0 Å². The van der Waals surface area contributed by atoms with Crippen LogP contribution in [-0.2, 0) is 6.54 Å². The van der Waals surface area contributed by atoms with E-state index in [0.29, 0.717) is 18.0 Å². The Bertz CT molecular complexity index is 682. The van der Waals surface area contributed by atoms with Gasteiger partial charge in [0.25, 0.3) is 0 Å². The van der Waals surface area contributed by atoms with E-state index in [-0.39, 0.29) is 0 Å². The molecule has 2 aromatic rings. The summed E-state index contributed by atoms with van der Waals surface area (Å²) in [5.41, 5.74) is 1.19. The molecule has 1 fully saturated rings. The Kier molecular flexibility index (Phi) is 3.29. The van der Waals surface area contributed by atoms with Gasteiger partial charge in [-0.1, -0.05) is 6.07 Å². The first-order chi connectivity index (χ1) is 9.56. The van der Waals surface area contributed by atoms with Crippen LogP contribution < -0.4 is 0 Å². The number of hydrogen-bond donors (Lipinski definition) is 0. The molecule has 104 valence electrons. The van der Waals surface area contributed by atoms with E-state index in [1.165, 1.54) is 12.1 Å². The van der Waals surface area contributed by atoms with E-state index >= 15 is 0 Å². The first kappa shape index (κ1) is 13.2. The van der Waals surface area contributed by atoms with Gasteiger partial charge < -0.3 is 4.57 Å². The van der Waals surface area contributed by atoms with E-state index in [0.717, 1.165) is 23.1 Å². The summed E-state index contributed by atoms with van der Waals surface area (Å²) in [6.07, 6.45) is 4.01. The van der Waals surface area contributed by atoms with Crippen LogP contribution >= 0.6 is 15.9 Å². The summed E-state index contributed by atoms with van der Waals surface area (Å²) < 4.78 is 16.3. The Hall–Kier alpha value is -1.76. The molecule has 1 aliphatic carbocycles. The molecule has 0 radical (unpaired) electrons. The summed E-state index contributed by atoms with van der Waals surface area (Å²) in [4.78, 5) is 14.2. The van der Waals surface area contributed by atoms with E-state index in [1.54, 1.807) is 12.4 Å². The van der Waals surface area contributed by atoms with Crippen molar-refractivity contribution in [3.05, 3.63) is 56.3 Å². The summed E-state index contributed by atoms with van der Waals surface area (Å²) >= 11 is 3.50. The molecule has 0 atom stereocenters. The lowest BCUT2D eigenvalue weighted by molar-refractivity contribution is -0.387. The quantitative estimate of drug-likeness (QED) is 0.631. The normalized spacial score (nSPS) is 14.5. The maximum Gasteiger partial charge on any atom is 0.304 e. The topological polar surface area (TPSA) is 61.0 Å². The third kappa shape index (κ3) is 2.45. The second kappa shape index (κ2) is 4.97. The van der Waals surface area contributed by atoms with E-state index in [2.05, 4.69) is 20.9 Å². The predicted octanol–water partition coefficient (Wildman–Crippen LogP) is 3.62. The van der Waals surface area contributed by atoms with Crippen molar-refractivity contribution in [3.63, 3.8) is 0 Å². The standard InChI is InChI=1S/C13H11BrFN3O2/c14-13-12(9-2-3-9)16-7-17(13)6-8-1-4-11(18(19)20)10(15)5-8/h1,4-5,7,9H,2-3,6H2. The van der Waals surface area contributed by atoms with Crippen molar-refractivity contribution in [2.45, 2.75) is 25.3 Å². The largest absolute Gasteiger partial charge is 0.321 e. The third-order valence-electron chi connectivity index (χ3n) is 3.33. The second-order valence-electron chi connectivity index (χ2n) is 4.87. The molecule has 1 aliphatic rings. The molecule has 1 saturated carbocycles. The zero-order chi connectivity index (χ0) is 14.3. The first-order valence-electron chi connectivity index (χ1n) is 6.19. The van der Waals surface area contributed by atoms with Gasteiger partial charge in [0.15, 0.2) is 0 Å². The lowest BCUT2D eigenvalue weighted by Gasteiger charge is -2.05. The van der Waals surface area contributed by atoms with Crippen molar-refractivity contribution in [1.82, 2.24) is 9.55 Å². The fraction of sp³-hybridized carbons (Fsp3) is 0.308. The SMILES string of the molecule is O=[N+]([O-])c1ccc(Cn2cnc(C3CC3)c2Br)cc1F. The fourth-order valence-electron chi connectivity index (χ4n) is 2.12. The van der Waals surface area contributed by atoms with Gasteiger partial charge in [-0.3, -0.25) is 10.1 Å². The van der Waals surface area contributed by atoms with Gasteiger partial charge in [-0.15, -0.1) is 0 Å². The van der Waals surface area contributed by atoms with Crippen molar-refractivity contribution in [2.75, 3.05) is 0 Å². The Balaban J connectivity index is 1.84. The van der Waals surface area contributed by atoms with Gasteiger partial charge in [-0.25, -0.2) is 4.98 Å². The van der Waals surface area contributed by atoms with E-state index in [1.807, 2.05) is 4.57 Å². The number of imidazole rings is 1. The number of halogens is 2. The monoisotopic (exact) mass is 339 g/mol. The van der Waals surface area contributed by atoms with Crippen LogP contribution in [0.25, 0.3) is 0 Å². The Labute approximate surface area is 122 Å². The van der Waals surface area contributed by atoms with E-state index in [4.69, 9.17) is 0 Å². The maximum atomic E-state index is 13.6. The molecule has 0 saturated heterocycles. The van der Waals surface area contributed by atoms with Crippen LogP contribution in [0.3, 0.4) is 0 Å². The molecule has 3 rings (SSSR count). The van der Waals surface area contributed by atoms with Gasteiger partial charge in [-0.2, -0.15) is 4.39 Å². The average Bonchev–Trinajstić information content (AvgIpc) is 3.16. The molecule has 1 heterocycles. The summed E-state index contributed by atoms with van der Waals surface area (Å²) in [7, 11) is 0. The maximum absolute atomic E-state index is 13.6. The molecule has 20 heavy (non-hydrogen) atoms. The summed E-state index contributed by atoms with van der Waals surface area (Å²) in [6, 6.07) is 3.95. The summed E-state index contributed by atoms with van der Waals surface area (Å²) in [5.74, 6) is -0.287. The lowest BCUT2D eigenvalue weighted by atomic mass is 10.2. The zero-order valence-electron chi connectivity index (χ0n) is 10.4. The smallest absolute Gasteiger partial charge is 0.304 e. The van der Waals surface area contributed by atoms with Crippen LogP contribution in [-0.4, -0.2) is 14.5 Å². The molecule has 5 nitrogen and oxygen atoms in total. The minimum absolute atomic E-state index is 0.426. The highest BCUT2D eigenvalue weighted by molar-refractivity contribution is 9.10. The highest BCUT2D eigenvalue weighted by Gasteiger charge is 2.28. The van der Waals surface area contributed by atoms with E-state index in [9.17, 15) is 14.5 Å². The molecule has 0 unspecified atom stereocenters. The molecule has 0 amide bonds. The fourth-order valence-corrected chi connectivity index (χ4v) is 2.76. The first-order valence-corrected chi connectivity index (χ1v) is 6.99. The molecule has 7 heteroatoms. The van der Waals surface area contributed by atoms with Crippen molar-refractivity contribution < 1.29 is 9.31 Å². The Morgan fingerprint density at radius 2 is 2.25 bits per heavy atom. The molecule has 0 N–H and O–H groups in total. The number of rotatable bonds is 4. The second-order valence-corrected chi connectivity index (χ2v) is 5.62. The van der Waals surface area contributed by atoms with Crippen LogP contribution in [0.4, 0.5) is 10.1 Å². The van der Waals surface area contributed by atoms with Crippen LogP contribution in [0.5, 0.6) is 0 Å². The molecule has 0 spiro atoms. The summed E-state index contributed by atoms with van der Waals surface area (Å²) in [6.45, 7) is 0.426. The molecular weight excluding hydrogens is 329 g/mol. The van der Waals surface area contributed by atoms with Gasteiger partial charge in [0, 0.05) is 18.5 Å². The number of nitro benzene ring substituents is 1. The van der Waals surface area contributed by atoms with Gasteiger partial charge in [0.05, 0.1) is 16.9 Å². The minimum atomic E-state index is -0.814. The highest BCUT2D eigenvalue weighted by atomic mass is 79.9. The Morgan fingerprint density at radius 1 is 1.50 bits per heavy atom. The van der Waals surface area contributed by atoms with Gasteiger partial charge in [-0.05, 0) is 40.4 Å². The Morgan fingerprint density at radius 3 is 2.85 bits per heavy atom. The number of hydrogen-bond acceptors (Lipinski definition) is 3. The van der Waals surface area contributed by atoms with Gasteiger partial charge in [0.1, 0.15) is 4.60 Å². The lowest BCUT2D eigenvalue weighted by Crippen LogP contribution is -2.01. The number of nitrogens with zero attached hydrogens (tertiary/aromatic N) is 3. The van der Waals surface area contributed by atoms with Gasteiger partial charge in [0.2, 0.25) is 5.82 Å². The third-order valence-corrected chi connectivity index (χ3v) is 4.19. The molecule has 1 aromatic carbocycles. The molecular formula is C13H11BrFN3O2. The minimum Gasteiger partial charge on any atom is -0.321 e. The van der Waals surface area contributed by atoms with Crippen LogP contribution in [0, 0.1) is 15.9 Å². The number of nitro groups is 1. The van der Waals surface area contributed by atoms with E-state index < -0.39 is 16.4 Å². The van der Waals surface area contributed by atoms with Gasteiger partial charge >= 0.3 is 5.69 Å². The van der Waals surface area contributed by atoms with Crippen molar-refractivity contribution in [2.24, 2.45) is 0 Å². The highest BCUT2D eigenvalue weighted by Crippen LogP contribution is 2.42. The molecule has 0 bridgehead atoms. The average molecular weight is 340 g/mol. The predicted molar refractivity (Wildman–Crippen MR) is 74.1 cm³/mol.